The van der Waals surface area contributed by atoms with Gasteiger partial charge < -0.3 is 10.4 Å². The summed E-state index contributed by atoms with van der Waals surface area (Å²) in [5.41, 5.74) is -6.52. The number of benzene rings is 2. The first kappa shape index (κ1) is 21.6. The molecule has 152 valence electrons. The van der Waals surface area contributed by atoms with Gasteiger partial charge in [-0.05, 0) is 36.8 Å². The van der Waals surface area contributed by atoms with Gasteiger partial charge in [0.05, 0.1) is 22.0 Å². The standard InChI is InChI=1S/C16H14F4N2O5S/c1-9(15(23)10-2-4-11(17)5-3-10)21-13-7-6-12(8-14(13)22(24)25)28(26,27)16(18,19)20/h2-9,15,21,23H,1H3. The molecule has 2 rings (SSSR count). The van der Waals surface area contributed by atoms with Crippen LogP contribution in [0.25, 0.3) is 0 Å². The highest BCUT2D eigenvalue weighted by Gasteiger charge is 2.47. The second kappa shape index (κ2) is 7.72. The molecule has 2 unspecified atom stereocenters. The zero-order valence-corrected chi connectivity index (χ0v) is 15.0. The van der Waals surface area contributed by atoms with Crippen molar-refractivity contribution in [2.75, 3.05) is 5.32 Å². The topological polar surface area (TPSA) is 110 Å². The molecule has 2 aromatic carbocycles. The van der Waals surface area contributed by atoms with Gasteiger partial charge in [0.2, 0.25) is 0 Å². The summed E-state index contributed by atoms with van der Waals surface area (Å²) in [7, 11) is -5.76. The van der Waals surface area contributed by atoms with Gasteiger partial charge >= 0.3 is 5.51 Å². The van der Waals surface area contributed by atoms with Gasteiger partial charge in [-0.15, -0.1) is 0 Å². The molecule has 0 aromatic heterocycles. The van der Waals surface area contributed by atoms with Gasteiger partial charge in [-0.25, -0.2) is 12.8 Å². The fourth-order valence-corrected chi connectivity index (χ4v) is 3.14. The Morgan fingerprint density at radius 3 is 2.21 bits per heavy atom. The van der Waals surface area contributed by atoms with E-state index in [-0.39, 0.29) is 5.69 Å². The first-order valence-electron chi connectivity index (χ1n) is 7.64. The van der Waals surface area contributed by atoms with Gasteiger partial charge in [-0.3, -0.25) is 10.1 Å². The molecule has 0 aliphatic carbocycles. The summed E-state index contributed by atoms with van der Waals surface area (Å²) >= 11 is 0. The minimum atomic E-state index is -5.76. The average molecular weight is 422 g/mol. The largest absolute Gasteiger partial charge is 0.501 e. The molecular weight excluding hydrogens is 408 g/mol. The van der Waals surface area contributed by atoms with E-state index in [1.165, 1.54) is 19.1 Å². The minimum Gasteiger partial charge on any atom is -0.386 e. The third-order valence-electron chi connectivity index (χ3n) is 3.85. The molecule has 0 saturated heterocycles. The molecule has 2 atom stereocenters. The lowest BCUT2D eigenvalue weighted by Crippen LogP contribution is -2.25. The monoisotopic (exact) mass is 422 g/mol. The molecule has 0 heterocycles. The zero-order valence-electron chi connectivity index (χ0n) is 14.1. The first-order chi connectivity index (χ1) is 12.8. The Balaban J connectivity index is 2.35. The molecule has 0 fully saturated rings. The Morgan fingerprint density at radius 2 is 1.71 bits per heavy atom. The van der Waals surface area contributed by atoms with Crippen LogP contribution in [0.3, 0.4) is 0 Å². The second-order valence-corrected chi connectivity index (χ2v) is 7.76. The van der Waals surface area contributed by atoms with Gasteiger partial charge in [0.25, 0.3) is 15.5 Å². The normalized spacial score (nSPS) is 14.4. The van der Waals surface area contributed by atoms with Crippen LogP contribution in [0.15, 0.2) is 47.4 Å². The van der Waals surface area contributed by atoms with Crippen molar-refractivity contribution in [1.29, 1.82) is 0 Å². The minimum absolute atomic E-state index is 0.292. The molecule has 0 aliphatic rings. The summed E-state index contributed by atoms with van der Waals surface area (Å²) in [6.45, 7) is 1.43. The number of aliphatic hydroxyl groups excluding tert-OH is 1. The lowest BCUT2D eigenvalue weighted by atomic mass is 10.0. The Labute approximate surface area is 156 Å². The van der Waals surface area contributed by atoms with Crippen molar-refractivity contribution in [1.82, 2.24) is 0 Å². The molecule has 7 nitrogen and oxygen atoms in total. The molecule has 0 aliphatic heterocycles. The maximum absolute atomic E-state index is 13.0. The predicted molar refractivity (Wildman–Crippen MR) is 90.8 cm³/mol. The Hall–Kier alpha value is -2.73. The number of sulfone groups is 1. The van der Waals surface area contributed by atoms with Crippen LogP contribution < -0.4 is 5.32 Å². The van der Waals surface area contributed by atoms with E-state index in [9.17, 15) is 41.2 Å². The first-order valence-corrected chi connectivity index (χ1v) is 9.13. The van der Waals surface area contributed by atoms with Crippen molar-refractivity contribution in [3.05, 3.63) is 64.0 Å². The highest BCUT2D eigenvalue weighted by molar-refractivity contribution is 7.92. The van der Waals surface area contributed by atoms with Gasteiger partial charge in [0, 0.05) is 6.07 Å². The number of rotatable bonds is 6. The van der Waals surface area contributed by atoms with Gasteiger partial charge in [-0.2, -0.15) is 13.2 Å². The summed E-state index contributed by atoms with van der Waals surface area (Å²) in [5.74, 6) is -0.534. The van der Waals surface area contributed by atoms with Crippen LogP contribution >= 0.6 is 0 Å². The van der Waals surface area contributed by atoms with E-state index in [1.807, 2.05) is 0 Å². The van der Waals surface area contributed by atoms with Crippen LogP contribution in [0.5, 0.6) is 0 Å². The number of alkyl halides is 3. The van der Waals surface area contributed by atoms with E-state index in [1.54, 1.807) is 0 Å². The summed E-state index contributed by atoms with van der Waals surface area (Å²) in [6, 6.07) is 5.60. The van der Waals surface area contributed by atoms with Crippen LogP contribution in [0.4, 0.5) is 28.9 Å². The van der Waals surface area contributed by atoms with Crippen molar-refractivity contribution >= 4 is 21.2 Å². The number of aliphatic hydroxyl groups is 1. The lowest BCUT2D eigenvalue weighted by molar-refractivity contribution is -0.384. The SMILES string of the molecule is CC(Nc1ccc(S(=O)(=O)C(F)(F)F)cc1[N+](=O)[O-])C(O)c1ccc(F)cc1. The molecule has 0 amide bonds. The third-order valence-corrected chi connectivity index (χ3v) is 5.33. The van der Waals surface area contributed by atoms with Crippen molar-refractivity contribution in [3.8, 4) is 0 Å². The average Bonchev–Trinajstić information content (AvgIpc) is 2.60. The van der Waals surface area contributed by atoms with Crippen LogP contribution in [-0.2, 0) is 9.84 Å². The van der Waals surface area contributed by atoms with Crippen LogP contribution in [0.2, 0.25) is 0 Å². The maximum Gasteiger partial charge on any atom is 0.501 e. The van der Waals surface area contributed by atoms with E-state index in [2.05, 4.69) is 5.32 Å². The number of hydrogen-bond acceptors (Lipinski definition) is 6. The number of hydrogen-bond donors (Lipinski definition) is 2. The van der Waals surface area contributed by atoms with Crippen LogP contribution in [-0.4, -0.2) is 30.0 Å². The van der Waals surface area contributed by atoms with Crippen molar-refractivity contribution < 1.29 is 36.0 Å². The second-order valence-electron chi connectivity index (χ2n) is 5.81. The van der Waals surface area contributed by atoms with Crippen molar-refractivity contribution in [2.24, 2.45) is 0 Å². The Morgan fingerprint density at radius 1 is 1.14 bits per heavy atom. The van der Waals surface area contributed by atoms with Crippen LogP contribution in [0.1, 0.15) is 18.6 Å². The Bertz CT molecular complexity index is 978. The molecule has 0 radical (unpaired) electrons. The highest BCUT2D eigenvalue weighted by atomic mass is 32.2. The molecule has 2 aromatic rings. The fraction of sp³-hybridized carbons (Fsp3) is 0.250. The molecule has 2 N–H and O–H groups in total. The smallest absolute Gasteiger partial charge is 0.386 e. The number of nitro benzene ring substituents is 1. The van der Waals surface area contributed by atoms with E-state index in [0.717, 1.165) is 18.2 Å². The number of anilines is 1. The molecular formula is C16H14F4N2O5S. The van der Waals surface area contributed by atoms with Crippen molar-refractivity contribution in [2.45, 2.75) is 29.5 Å². The van der Waals surface area contributed by atoms with E-state index >= 15 is 0 Å². The zero-order chi connectivity index (χ0) is 21.3. The lowest BCUT2D eigenvalue weighted by Gasteiger charge is -2.22. The Kier molecular flexibility index (Phi) is 5.94. The van der Waals surface area contributed by atoms with E-state index in [0.29, 0.717) is 17.7 Å². The number of nitrogens with one attached hydrogen (secondary N) is 1. The summed E-state index contributed by atoms with van der Waals surface area (Å²) < 4.78 is 73.8. The summed E-state index contributed by atoms with van der Waals surface area (Å²) in [4.78, 5) is 8.87. The molecule has 0 saturated carbocycles. The third kappa shape index (κ3) is 4.39. The van der Waals surface area contributed by atoms with Gasteiger partial charge in [-0.1, -0.05) is 12.1 Å². The maximum atomic E-state index is 13.0. The van der Waals surface area contributed by atoms with Gasteiger partial charge in [0.1, 0.15) is 11.5 Å². The molecule has 0 bridgehead atoms. The number of nitro groups is 1. The molecule has 28 heavy (non-hydrogen) atoms. The summed E-state index contributed by atoms with van der Waals surface area (Å²) in [5, 5.41) is 24.0. The molecule has 0 spiro atoms. The summed E-state index contributed by atoms with van der Waals surface area (Å²) in [6.07, 6.45) is -1.24. The van der Waals surface area contributed by atoms with Crippen LogP contribution in [0, 0.1) is 15.9 Å². The van der Waals surface area contributed by atoms with E-state index in [4.69, 9.17) is 0 Å². The molecule has 12 heteroatoms. The van der Waals surface area contributed by atoms with Gasteiger partial charge in [0.15, 0.2) is 0 Å². The number of halogens is 4. The number of nitrogens with zero attached hydrogens (tertiary/aromatic N) is 1. The van der Waals surface area contributed by atoms with Crippen molar-refractivity contribution in [3.63, 3.8) is 0 Å². The quantitative estimate of drug-likeness (QED) is 0.419. The fourth-order valence-electron chi connectivity index (χ4n) is 2.36. The highest BCUT2D eigenvalue weighted by Crippen LogP contribution is 2.35. The predicted octanol–water partition coefficient (Wildman–Crippen LogP) is 3.56. The van der Waals surface area contributed by atoms with E-state index < -0.39 is 48.8 Å².